The first kappa shape index (κ1) is 12.2. The number of nitrogens with one attached hydrogen (secondary N) is 2. The number of nitrogens with zero attached hydrogens (tertiary/aromatic N) is 2. The van der Waals surface area contributed by atoms with E-state index in [1.807, 2.05) is 0 Å². The van der Waals surface area contributed by atoms with E-state index >= 15 is 0 Å². The van der Waals surface area contributed by atoms with Crippen LogP contribution in [-0.4, -0.2) is 29.0 Å². The van der Waals surface area contributed by atoms with Gasteiger partial charge in [-0.2, -0.15) is 4.98 Å². The van der Waals surface area contributed by atoms with Crippen molar-refractivity contribution in [3.63, 3.8) is 0 Å². The van der Waals surface area contributed by atoms with Crippen LogP contribution in [0.1, 0.15) is 19.8 Å². The number of amides is 1. The molecule has 1 aromatic heterocycles. The Morgan fingerprint density at radius 3 is 2.94 bits per heavy atom. The molecule has 0 unspecified atom stereocenters. The number of anilines is 2. The fraction of sp³-hybridized carbons (Fsp3) is 0.500. The van der Waals surface area contributed by atoms with Crippen LogP contribution in [0.25, 0.3) is 0 Å². The minimum absolute atomic E-state index is 0.293. The average molecular weight is 223 g/mol. The Hall–Kier alpha value is -1.85. The molecule has 88 valence electrons. The zero-order valence-electron chi connectivity index (χ0n) is 9.36. The highest BCUT2D eigenvalue weighted by Gasteiger charge is 1.98. The molecule has 0 aliphatic carbocycles. The number of hydrogen-bond acceptors (Lipinski definition) is 5. The summed E-state index contributed by atoms with van der Waals surface area (Å²) in [6.07, 6.45) is 2.97. The van der Waals surface area contributed by atoms with Gasteiger partial charge < -0.3 is 16.4 Å². The van der Waals surface area contributed by atoms with Gasteiger partial charge >= 0.3 is 0 Å². The van der Waals surface area contributed by atoms with Gasteiger partial charge in [0.25, 0.3) is 0 Å². The van der Waals surface area contributed by atoms with Gasteiger partial charge in [0.1, 0.15) is 5.82 Å². The lowest BCUT2D eigenvalue weighted by molar-refractivity contribution is -0.117. The van der Waals surface area contributed by atoms with Crippen LogP contribution >= 0.6 is 0 Å². The van der Waals surface area contributed by atoms with Gasteiger partial charge in [-0.3, -0.25) is 4.79 Å². The molecule has 0 fully saturated rings. The predicted molar refractivity (Wildman–Crippen MR) is 63.1 cm³/mol. The Morgan fingerprint density at radius 2 is 2.25 bits per heavy atom. The highest BCUT2D eigenvalue weighted by atomic mass is 16.1. The lowest BCUT2D eigenvalue weighted by Gasteiger charge is -2.06. The van der Waals surface area contributed by atoms with E-state index in [9.17, 15) is 4.79 Å². The standard InChI is InChI=1S/C10H17N5O/c1-2-5-13-10-14-7-4-9(15-10)12-6-3-8(11)16/h4,7H,2-3,5-6H2,1H3,(H2,11,16)(H2,12,13,14,15). The molecular weight excluding hydrogens is 206 g/mol. The molecule has 0 radical (unpaired) electrons. The Kier molecular flexibility index (Phi) is 5.04. The fourth-order valence-corrected chi connectivity index (χ4v) is 1.09. The van der Waals surface area contributed by atoms with Crippen LogP contribution < -0.4 is 16.4 Å². The third-order valence-electron chi connectivity index (χ3n) is 1.87. The smallest absolute Gasteiger partial charge is 0.224 e. The second kappa shape index (κ2) is 6.60. The molecule has 6 heteroatoms. The maximum Gasteiger partial charge on any atom is 0.224 e. The zero-order chi connectivity index (χ0) is 11.8. The highest BCUT2D eigenvalue weighted by Crippen LogP contribution is 2.05. The molecule has 1 aromatic rings. The molecule has 0 aliphatic heterocycles. The summed E-state index contributed by atoms with van der Waals surface area (Å²) < 4.78 is 0. The van der Waals surface area contributed by atoms with E-state index in [1.165, 1.54) is 0 Å². The van der Waals surface area contributed by atoms with Gasteiger partial charge in [-0.15, -0.1) is 0 Å². The van der Waals surface area contributed by atoms with Crippen LogP contribution in [0, 0.1) is 0 Å². The number of hydrogen-bond donors (Lipinski definition) is 3. The first-order chi connectivity index (χ1) is 7.72. The molecule has 0 saturated carbocycles. The maximum atomic E-state index is 10.5. The van der Waals surface area contributed by atoms with E-state index in [1.54, 1.807) is 12.3 Å². The van der Waals surface area contributed by atoms with Crippen molar-refractivity contribution in [3.8, 4) is 0 Å². The van der Waals surface area contributed by atoms with E-state index in [4.69, 9.17) is 5.73 Å². The number of carbonyl (C=O) groups is 1. The molecule has 0 bridgehead atoms. The molecule has 0 aliphatic rings. The van der Waals surface area contributed by atoms with Gasteiger partial charge in [0, 0.05) is 25.7 Å². The van der Waals surface area contributed by atoms with Gasteiger partial charge in [0.05, 0.1) is 0 Å². The van der Waals surface area contributed by atoms with E-state index < -0.39 is 0 Å². The van der Waals surface area contributed by atoms with Gasteiger partial charge in [-0.1, -0.05) is 6.92 Å². The molecule has 6 nitrogen and oxygen atoms in total. The Balaban J connectivity index is 2.43. The average Bonchev–Trinajstić information content (AvgIpc) is 2.26. The van der Waals surface area contributed by atoms with Crippen LogP contribution in [0.3, 0.4) is 0 Å². The van der Waals surface area contributed by atoms with Crippen LogP contribution in [-0.2, 0) is 4.79 Å². The van der Waals surface area contributed by atoms with Crippen molar-refractivity contribution in [2.24, 2.45) is 5.73 Å². The molecule has 4 N–H and O–H groups in total. The Bertz CT molecular complexity index is 342. The van der Waals surface area contributed by atoms with Crippen molar-refractivity contribution in [3.05, 3.63) is 12.3 Å². The summed E-state index contributed by atoms with van der Waals surface area (Å²) in [5.74, 6) is 0.951. The molecule has 1 rings (SSSR count). The largest absolute Gasteiger partial charge is 0.370 e. The summed E-state index contributed by atoms with van der Waals surface area (Å²) >= 11 is 0. The molecular formula is C10H17N5O. The van der Waals surface area contributed by atoms with Gasteiger partial charge in [-0.25, -0.2) is 4.98 Å². The van der Waals surface area contributed by atoms with E-state index in [0.29, 0.717) is 24.7 Å². The summed E-state index contributed by atoms with van der Waals surface area (Å²) in [6.45, 7) is 3.40. The lowest BCUT2D eigenvalue weighted by Crippen LogP contribution is -2.16. The predicted octanol–water partition coefficient (Wildman–Crippen LogP) is 0.586. The summed E-state index contributed by atoms with van der Waals surface area (Å²) in [4.78, 5) is 18.8. The van der Waals surface area contributed by atoms with Crippen molar-refractivity contribution in [2.75, 3.05) is 23.7 Å². The van der Waals surface area contributed by atoms with Crippen LogP contribution in [0.2, 0.25) is 0 Å². The number of rotatable bonds is 7. The number of aromatic nitrogens is 2. The summed E-state index contributed by atoms with van der Waals surface area (Å²) in [7, 11) is 0. The second-order valence-electron chi connectivity index (χ2n) is 3.34. The van der Waals surface area contributed by atoms with Crippen molar-refractivity contribution in [1.82, 2.24) is 9.97 Å². The minimum Gasteiger partial charge on any atom is -0.370 e. The Morgan fingerprint density at radius 1 is 1.44 bits per heavy atom. The molecule has 1 amide bonds. The number of primary amides is 1. The summed E-state index contributed by atoms with van der Waals surface area (Å²) in [5, 5.41) is 6.08. The summed E-state index contributed by atoms with van der Waals surface area (Å²) in [6, 6.07) is 1.75. The van der Waals surface area contributed by atoms with E-state index in [0.717, 1.165) is 13.0 Å². The molecule has 16 heavy (non-hydrogen) atoms. The van der Waals surface area contributed by atoms with E-state index in [-0.39, 0.29) is 5.91 Å². The van der Waals surface area contributed by atoms with Crippen molar-refractivity contribution in [1.29, 1.82) is 0 Å². The topological polar surface area (TPSA) is 92.9 Å². The Labute approximate surface area is 94.7 Å². The lowest BCUT2D eigenvalue weighted by atomic mass is 10.4. The third-order valence-corrected chi connectivity index (χ3v) is 1.87. The van der Waals surface area contributed by atoms with Gasteiger partial charge in [-0.05, 0) is 12.5 Å². The molecule has 1 heterocycles. The highest BCUT2D eigenvalue weighted by molar-refractivity contribution is 5.74. The monoisotopic (exact) mass is 223 g/mol. The van der Waals surface area contributed by atoms with Crippen molar-refractivity contribution < 1.29 is 4.79 Å². The van der Waals surface area contributed by atoms with Crippen LogP contribution in [0.5, 0.6) is 0 Å². The minimum atomic E-state index is -0.328. The quantitative estimate of drug-likeness (QED) is 0.629. The summed E-state index contributed by atoms with van der Waals surface area (Å²) in [5.41, 5.74) is 5.03. The number of carbonyl (C=O) groups excluding carboxylic acids is 1. The van der Waals surface area contributed by atoms with Crippen LogP contribution in [0.15, 0.2) is 12.3 Å². The second-order valence-corrected chi connectivity index (χ2v) is 3.34. The third kappa shape index (κ3) is 4.59. The molecule has 0 spiro atoms. The molecule has 0 atom stereocenters. The van der Waals surface area contributed by atoms with E-state index in [2.05, 4.69) is 27.5 Å². The van der Waals surface area contributed by atoms with Crippen molar-refractivity contribution in [2.45, 2.75) is 19.8 Å². The normalized spacial score (nSPS) is 9.81. The zero-order valence-corrected chi connectivity index (χ0v) is 9.36. The van der Waals surface area contributed by atoms with Gasteiger partial charge in [0.2, 0.25) is 11.9 Å². The first-order valence-electron chi connectivity index (χ1n) is 5.31. The first-order valence-corrected chi connectivity index (χ1v) is 5.31. The molecule has 0 aromatic carbocycles. The fourth-order valence-electron chi connectivity index (χ4n) is 1.09. The SMILES string of the molecule is CCCNc1nccc(NCCC(N)=O)n1. The molecule has 0 saturated heterocycles. The van der Waals surface area contributed by atoms with Crippen molar-refractivity contribution >= 4 is 17.7 Å². The maximum absolute atomic E-state index is 10.5. The van der Waals surface area contributed by atoms with Gasteiger partial charge in [0.15, 0.2) is 0 Å². The number of nitrogens with two attached hydrogens (primary N) is 1. The van der Waals surface area contributed by atoms with Crippen LogP contribution in [0.4, 0.5) is 11.8 Å².